The van der Waals surface area contributed by atoms with E-state index < -0.39 is 6.09 Å². The van der Waals surface area contributed by atoms with E-state index in [9.17, 15) is 9.90 Å². The molecule has 2 aliphatic heterocycles. The lowest BCUT2D eigenvalue weighted by Gasteiger charge is -2.39. The van der Waals surface area contributed by atoms with Gasteiger partial charge in [-0.1, -0.05) is 34.1 Å². The molecule has 1 aromatic carbocycles. The molecule has 5 rings (SSSR count). The molecule has 4 heterocycles. The van der Waals surface area contributed by atoms with Crippen LogP contribution in [0.3, 0.4) is 0 Å². The molecular formula is C21H21BrN4O2. The highest BCUT2D eigenvalue weighted by Gasteiger charge is 2.41. The first-order chi connectivity index (χ1) is 13.6. The Morgan fingerprint density at radius 2 is 1.82 bits per heavy atom. The number of aromatic nitrogens is 2. The maximum absolute atomic E-state index is 11.4. The molecule has 2 saturated heterocycles. The summed E-state index contributed by atoms with van der Waals surface area (Å²) in [7, 11) is 0. The second-order valence-corrected chi connectivity index (χ2v) is 8.50. The van der Waals surface area contributed by atoms with E-state index >= 15 is 0 Å². The summed E-state index contributed by atoms with van der Waals surface area (Å²) in [5.74, 6) is 0. The van der Waals surface area contributed by atoms with E-state index in [1.54, 1.807) is 4.90 Å². The fraction of sp³-hybridized carbons (Fsp3) is 0.333. The lowest BCUT2D eigenvalue weighted by atomic mass is 10.1. The van der Waals surface area contributed by atoms with E-state index in [2.05, 4.69) is 43.6 Å². The molecule has 0 aliphatic carbocycles. The molecule has 3 aromatic rings. The minimum atomic E-state index is -0.804. The Hall–Kier alpha value is -2.38. The number of nitrogens with zero attached hydrogens (tertiary/aromatic N) is 4. The van der Waals surface area contributed by atoms with Crippen LogP contribution in [0.25, 0.3) is 16.9 Å². The van der Waals surface area contributed by atoms with Crippen LogP contribution in [0.5, 0.6) is 0 Å². The highest BCUT2D eigenvalue weighted by atomic mass is 79.9. The standard InChI is InChI=1S/C21H21BrN4O2/c22-15-6-4-14(5-7-15)20-18(25-10-2-1-3-19(25)23-20)13-26-16-8-9-17(26)12-24(11-16)21(27)28/h1-7,10,16-17H,8-9,11-13H2,(H,27,28). The minimum absolute atomic E-state index is 0.280. The molecule has 6 nitrogen and oxygen atoms in total. The molecule has 0 radical (unpaired) electrons. The zero-order valence-corrected chi connectivity index (χ0v) is 16.9. The van der Waals surface area contributed by atoms with Gasteiger partial charge in [0.05, 0.1) is 11.4 Å². The van der Waals surface area contributed by atoms with Gasteiger partial charge in [-0.15, -0.1) is 0 Å². The van der Waals surface area contributed by atoms with Crippen molar-refractivity contribution in [3.05, 3.63) is 58.8 Å². The van der Waals surface area contributed by atoms with Crippen LogP contribution in [0, 0.1) is 0 Å². The van der Waals surface area contributed by atoms with Gasteiger partial charge in [-0.3, -0.25) is 4.90 Å². The first kappa shape index (κ1) is 17.7. The Kier molecular flexibility index (Phi) is 4.36. The smallest absolute Gasteiger partial charge is 0.407 e. The number of hydrogen-bond donors (Lipinski definition) is 1. The lowest BCUT2D eigenvalue weighted by Crippen LogP contribution is -2.54. The van der Waals surface area contributed by atoms with Crippen LogP contribution in [0.15, 0.2) is 53.1 Å². The van der Waals surface area contributed by atoms with Gasteiger partial charge in [0.15, 0.2) is 0 Å². The number of likely N-dealkylation sites (tertiary alicyclic amines) is 1. The largest absolute Gasteiger partial charge is 0.465 e. The van der Waals surface area contributed by atoms with E-state index in [0.717, 1.165) is 40.8 Å². The quantitative estimate of drug-likeness (QED) is 0.665. The molecule has 2 fully saturated rings. The number of fused-ring (bicyclic) bond motifs is 3. The lowest BCUT2D eigenvalue weighted by molar-refractivity contribution is 0.0576. The first-order valence-corrected chi connectivity index (χ1v) is 10.3. The predicted molar refractivity (Wildman–Crippen MR) is 110 cm³/mol. The molecule has 2 bridgehead atoms. The third-order valence-corrected chi connectivity index (χ3v) is 6.51. The fourth-order valence-electron chi connectivity index (χ4n) is 4.61. The Morgan fingerprint density at radius 1 is 1.11 bits per heavy atom. The zero-order chi connectivity index (χ0) is 19.3. The monoisotopic (exact) mass is 440 g/mol. The number of piperazine rings is 1. The van der Waals surface area contributed by atoms with Gasteiger partial charge < -0.3 is 14.4 Å². The molecule has 2 atom stereocenters. The minimum Gasteiger partial charge on any atom is -0.465 e. The maximum Gasteiger partial charge on any atom is 0.407 e. The number of carboxylic acid groups (broad SMARTS) is 1. The molecule has 2 aliphatic rings. The highest BCUT2D eigenvalue weighted by Crippen LogP contribution is 2.34. The van der Waals surface area contributed by atoms with Crippen LogP contribution >= 0.6 is 15.9 Å². The number of hydrogen-bond acceptors (Lipinski definition) is 3. The van der Waals surface area contributed by atoms with Gasteiger partial charge in [-0.05, 0) is 37.1 Å². The number of halogens is 1. The van der Waals surface area contributed by atoms with E-state index in [1.165, 1.54) is 5.69 Å². The Balaban J connectivity index is 1.53. The molecule has 0 saturated carbocycles. The van der Waals surface area contributed by atoms with E-state index in [4.69, 9.17) is 4.98 Å². The van der Waals surface area contributed by atoms with Gasteiger partial charge in [0, 0.05) is 48.0 Å². The Morgan fingerprint density at radius 3 is 2.50 bits per heavy atom. The van der Waals surface area contributed by atoms with Crippen LogP contribution in [0.1, 0.15) is 18.5 Å². The molecule has 2 aromatic heterocycles. The summed E-state index contributed by atoms with van der Waals surface area (Å²) in [6, 6.07) is 14.9. The average molecular weight is 441 g/mol. The first-order valence-electron chi connectivity index (χ1n) is 9.55. The molecule has 28 heavy (non-hydrogen) atoms. The molecule has 1 N–H and O–H groups in total. The van der Waals surface area contributed by atoms with Gasteiger partial charge in [0.1, 0.15) is 5.65 Å². The van der Waals surface area contributed by atoms with Gasteiger partial charge in [-0.25, -0.2) is 9.78 Å². The summed E-state index contributed by atoms with van der Waals surface area (Å²) in [5, 5.41) is 9.39. The third kappa shape index (κ3) is 2.99. The predicted octanol–water partition coefficient (Wildman–Crippen LogP) is 4.09. The summed E-state index contributed by atoms with van der Waals surface area (Å²) in [4.78, 5) is 20.4. The van der Waals surface area contributed by atoms with E-state index in [0.29, 0.717) is 13.1 Å². The summed E-state index contributed by atoms with van der Waals surface area (Å²) in [6.07, 6.45) is 3.37. The SMILES string of the molecule is O=C(O)N1CC2CCC(C1)N2Cc1c(-c2ccc(Br)cc2)nc2ccccn12. The summed E-state index contributed by atoms with van der Waals surface area (Å²) in [6.45, 7) is 1.96. The van der Waals surface area contributed by atoms with Crippen LogP contribution < -0.4 is 0 Å². The van der Waals surface area contributed by atoms with Crippen LogP contribution in [-0.2, 0) is 6.54 Å². The fourth-order valence-corrected chi connectivity index (χ4v) is 4.88. The summed E-state index contributed by atoms with van der Waals surface area (Å²) < 4.78 is 3.21. The number of amides is 1. The van der Waals surface area contributed by atoms with Crippen LogP contribution in [0.2, 0.25) is 0 Å². The highest BCUT2D eigenvalue weighted by molar-refractivity contribution is 9.10. The maximum atomic E-state index is 11.4. The molecule has 0 spiro atoms. The van der Waals surface area contributed by atoms with Crippen molar-refractivity contribution in [3.63, 3.8) is 0 Å². The summed E-state index contributed by atoms with van der Waals surface area (Å²) in [5.41, 5.74) is 4.20. The van der Waals surface area contributed by atoms with E-state index in [-0.39, 0.29) is 12.1 Å². The molecular weight excluding hydrogens is 420 g/mol. The number of rotatable bonds is 3. The van der Waals surface area contributed by atoms with Crippen molar-refractivity contribution in [2.24, 2.45) is 0 Å². The molecule has 7 heteroatoms. The second kappa shape index (κ2) is 6.90. The van der Waals surface area contributed by atoms with Crippen LogP contribution in [0.4, 0.5) is 4.79 Å². The molecule has 2 unspecified atom stereocenters. The van der Waals surface area contributed by atoms with Gasteiger partial charge >= 0.3 is 6.09 Å². The van der Waals surface area contributed by atoms with Gasteiger partial charge in [0.25, 0.3) is 0 Å². The van der Waals surface area contributed by atoms with Crippen molar-refractivity contribution in [3.8, 4) is 11.3 Å². The number of benzene rings is 1. The number of pyridine rings is 1. The average Bonchev–Trinajstić information content (AvgIpc) is 3.16. The topological polar surface area (TPSA) is 61.1 Å². The second-order valence-electron chi connectivity index (χ2n) is 7.59. The van der Waals surface area contributed by atoms with Crippen LogP contribution in [-0.4, -0.2) is 55.6 Å². The van der Waals surface area contributed by atoms with Crippen molar-refractivity contribution in [2.45, 2.75) is 31.5 Å². The summed E-state index contributed by atoms with van der Waals surface area (Å²) >= 11 is 3.51. The molecule has 144 valence electrons. The van der Waals surface area contributed by atoms with Crippen molar-refractivity contribution in [2.75, 3.05) is 13.1 Å². The number of carbonyl (C=O) groups is 1. The normalized spacial score (nSPS) is 22.1. The third-order valence-electron chi connectivity index (χ3n) is 5.98. The van der Waals surface area contributed by atoms with Gasteiger partial charge in [-0.2, -0.15) is 0 Å². The van der Waals surface area contributed by atoms with Crippen molar-refractivity contribution in [1.29, 1.82) is 0 Å². The van der Waals surface area contributed by atoms with E-state index in [1.807, 2.05) is 30.3 Å². The Bertz CT molecular complexity index is 1020. The van der Waals surface area contributed by atoms with Crippen molar-refractivity contribution >= 4 is 27.7 Å². The van der Waals surface area contributed by atoms with Crippen molar-refractivity contribution < 1.29 is 9.90 Å². The zero-order valence-electron chi connectivity index (χ0n) is 15.3. The van der Waals surface area contributed by atoms with Crippen molar-refractivity contribution in [1.82, 2.24) is 19.2 Å². The number of imidazole rings is 1. The Labute approximate surface area is 171 Å². The molecule has 1 amide bonds. The van der Waals surface area contributed by atoms with Gasteiger partial charge in [0.2, 0.25) is 0 Å².